The normalized spacial score (nSPS) is 58.4. The summed E-state index contributed by atoms with van der Waals surface area (Å²) in [6, 6.07) is 0. The summed E-state index contributed by atoms with van der Waals surface area (Å²) in [7, 11) is 0. The van der Waals surface area contributed by atoms with Crippen molar-refractivity contribution in [3.05, 3.63) is 11.6 Å². The van der Waals surface area contributed by atoms with E-state index in [4.69, 9.17) is 28.4 Å². The molecule has 4 saturated heterocycles. The van der Waals surface area contributed by atoms with E-state index in [9.17, 15) is 30.6 Å². The van der Waals surface area contributed by atoms with Crippen LogP contribution in [0.25, 0.3) is 0 Å². The summed E-state index contributed by atoms with van der Waals surface area (Å²) in [6.45, 7) is 11.5. The number of ether oxygens (including phenoxy) is 6. The van der Waals surface area contributed by atoms with Crippen molar-refractivity contribution in [2.75, 3.05) is 13.2 Å². The van der Waals surface area contributed by atoms with Crippen LogP contribution in [-0.2, 0) is 28.4 Å². The Bertz CT molecular complexity index is 1300. The zero-order valence-corrected chi connectivity index (χ0v) is 30.9. The summed E-state index contributed by atoms with van der Waals surface area (Å²) in [5, 5.41) is 62.9. The van der Waals surface area contributed by atoms with Crippen molar-refractivity contribution in [3.8, 4) is 0 Å². The molecule has 0 aromatic rings. The van der Waals surface area contributed by atoms with Crippen LogP contribution in [0.4, 0.5) is 0 Å². The maximum Gasteiger partial charge on any atom is 0.187 e. The molecular weight excluding hydrogens is 660 g/mol. The van der Waals surface area contributed by atoms with Crippen LogP contribution in [-0.4, -0.2) is 123 Å². The first kappa shape index (κ1) is 37.2. The Kier molecular flexibility index (Phi) is 9.83. The van der Waals surface area contributed by atoms with Crippen molar-refractivity contribution in [2.24, 2.45) is 46.3 Å². The van der Waals surface area contributed by atoms with E-state index in [0.717, 1.165) is 38.7 Å². The van der Waals surface area contributed by atoms with Crippen molar-refractivity contribution in [2.45, 2.75) is 172 Å². The molecule has 8 rings (SSSR count). The number of allylic oxidation sites excluding steroid dienone is 1. The van der Waals surface area contributed by atoms with Crippen LogP contribution in [0.1, 0.15) is 92.4 Å². The largest absolute Gasteiger partial charge is 0.394 e. The lowest BCUT2D eigenvalue weighted by molar-refractivity contribution is -0.369. The van der Waals surface area contributed by atoms with Gasteiger partial charge >= 0.3 is 0 Å². The molecule has 0 aromatic carbocycles. The second-order valence-corrected chi connectivity index (χ2v) is 18.3. The van der Waals surface area contributed by atoms with E-state index in [2.05, 4.69) is 33.8 Å². The first-order valence-electron chi connectivity index (χ1n) is 19.8. The Morgan fingerprint density at radius 2 is 1.61 bits per heavy atom. The third-order valence-electron chi connectivity index (χ3n) is 15.6. The molecule has 4 aliphatic carbocycles. The highest BCUT2D eigenvalue weighted by atomic mass is 16.8. The molecule has 7 fully saturated rings. The molecule has 3 saturated carbocycles. The minimum atomic E-state index is -1.61. The molecule has 21 atom stereocenters. The van der Waals surface area contributed by atoms with E-state index in [0.29, 0.717) is 41.9 Å². The highest BCUT2D eigenvalue weighted by Crippen LogP contribution is 2.70. The lowest BCUT2D eigenvalue weighted by atomic mass is 9.47. The van der Waals surface area contributed by atoms with Crippen molar-refractivity contribution in [1.82, 2.24) is 0 Å². The molecule has 0 aromatic heterocycles. The SMILES string of the molecule is C[C@@H]1CC[C@]2(OC1)O[C@@H]1C[C@@H]3[C@H]4CC=C5C[C@H](O[C@H]6O[C@@H](CO)[C@H](O)[C@H](O)[C@H]6O[C@H]6O[C@@H](C)[C@@H](O)[C@H](O)[C@@H]6O)CC[C@]5(C)[C@@H]4CC[C@@]3(C)[C@@H]1[C@H]2C. The fourth-order valence-corrected chi connectivity index (χ4v) is 12.5. The number of hydrogen-bond acceptors (Lipinski definition) is 12. The first-order chi connectivity index (χ1) is 24.2. The minimum Gasteiger partial charge on any atom is -0.394 e. The van der Waals surface area contributed by atoms with Crippen LogP contribution in [0, 0.1) is 46.3 Å². The van der Waals surface area contributed by atoms with Gasteiger partial charge in [0.05, 0.1) is 31.5 Å². The molecule has 290 valence electrons. The smallest absolute Gasteiger partial charge is 0.187 e. The number of fused-ring (bicyclic) bond motifs is 7. The van der Waals surface area contributed by atoms with Gasteiger partial charge in [0.25, 0.3) is 0 Å². The van der Waals surface area contributed by atoms with Gasteiger partial charge in [0.2, 0.25) is 0 Å². The Labute approximate surface area is 301 Å². The molecule has 0 unspecified atom stereocenters. The van der Waals surface area contributed by atoms with Gasteiger partial charge in [0.1, 0.15) is 42.7 Å². The van der Waals surface area contributed by atoms with Gasteiger partial charge in [-0.1, -0.05) is 39.3 Å². The molecule has 0 radical (unpaired) electrons. The highest BCUT2D eigenvalue weighted by Gasteiger charge is 2.68. The summed E-state index contributed by atoms with van der Waals surface area (Å²) < 4.78 is 37.6. The molecule has 12 heteroatoms. The van der Waals surface area contributed by atoms with Gasteiger partial charge in [-0.25, -0.2) is 0 Å². The molecule has 0 bridgehead atoms. The van der Waals surface area contributed by atoms with Crippen molar-refractivity contribution in [1.29, 1.82) is 0 Å². The van der Waals surface area contributed by atoms with E-state index in [1.54, 1.807) is 0 Å². The molecule has 4 aliphatic heterocycles. The zero-order chi connectivity index (χ0) is 36.2. The molecule has 12 nitrogen and oxygen atoms in total. The van der Waals surface area contributed by atoms with Crippen LogP contribution in [0.5, 0.6) is 0 Å². The van der Waals surface area contributed by atoms with Crippen molar-refractivity contribution in [3.63, 3.8) is 0 Å². The number of hydrogen-bond donors (Lipinski definition) is 6. The van der Waals surface area contributed by atoms with E-state index >= 15 is 0 Å². The molecule has 6 N–H and O–H groups in total. The van der Waals surface area contributed by atoms with E-state index in [1.165, 1.54) is 31.8 Å². The van der Waals surface area contributed by atoms with Gasteiger partial charge < -0.3 is 59.1 Å². The summed E-state index contributed by atoms with van der Waals surface area (Å²) >= 11 is 0. The van der Waals surface area contributed by atoms with Crippen LogP contribution in [0.15, 0.2) is 11.6 Å². The summed E-state index contributed by atoms with van der Waals surface area (Å²) in [4.78, 5) is 0. The second-order valence-electron chi connectivity index (χ2n) is 18.3. The van der Waals surface area contributed by atoms with Gasteiger partial charge in [-0.15, -0.1) is 0 Å². The van der Waals surface area contributed by atoms with Gasteiger partial charge in [-0.05, 0) is 98.7 Å². The zero-order valence-electron chi connectivity index (χ0n) is 30.9. The van der Waals surface area contributed by atoms with Gasteiger partial charge in [0, 0.05) is 12.3 Å². The predicted octanol–water partition coefficient (Wildman–Crippen LogP) is 2.39. The van der Waals surface area contributed by atoms with Gasteiger partial charge in [0.15, 0.2) is 18.4 Å². The predicted molar refractivity (Wildman–Crippen MR) is 182 cm³/mol. The molecule has 1 spiro atoms. The topological polar surface area (TPSA) is 177 Å². The fourth-order valence-electron chi connectivity index (χ4n) is 12.5. The average molecular weight is 723 g/mol. The molecule has 51 heavy (non-hydrogen) atoms. The number of aliphatic hydroxyl groups is 6. The summed E-state index contributed by atoms with van der Waals surface area (Å²) in [5.41, 5.74) is 1.70. The first-order valence-corrected chi connectivity index (χ1v) is 19.8. The monoisotopic (exact) mass is 722 g/mol. The van der Waals surface area contributed by atoms with E-state index in [-0.39, 0.29) is 23.0 Å². The Morgan fingerprint density at radius 3 is 2.33 bits per heavy atom. The van der Waals surface area contributed by atoms with Crippen molar-refractivity contribution < 1.29 is 59.1 Å². The maximum absolute atomic E-state index is 11.1. The van der Waals surface area contributed by atoms with Crippen LogP contribution in [0.2, 0.25) is 0 Å². The third-order valence-corrected chi connectivity index (χ3v) is 15.6. The quantitative estimate of drug-likeness (QED) is 0.229. The lowest BCUT2D eigenvalue weighted by Gasteiger charge is -2.58. The van der Waals surface area contributed by atoms with Crippen molar-refractivity contribution >= 4 is 0 Å². The van der Waals surface area contributed by atoms with E-state index < -0.39 is 73.8 Å². The van der Waals surface area contributed by atoms with Crippen LogP contribution in [0.3, 0.4) is 0 Å². The second kappa shape index (κ2) is 13.5. The van der Waals surface area contributed by atoms with Gasteiger partial charge in [-0.3, -0.25) is 0 Å². The third kappa shape index (κ3) is 5.84. The standard InChI is InChI=1S/C39H62O12/c1-18-8-13-39(46-17-18)19(2)28-26(51-39)15-25-23-7-6-21-14-22(9-11-37(21,4)24(23)10-12-38(25,28)5)48-36-34(32(44)30(42)27(16-40)49-36)50-35-33(45)31(43)29(41)20(3)47-35/h6,18-20,22-36,40-45H,7-17H2,1-5H3/t18-,19-,20+,22-,23+,24-,25-,26-,27+,28-,29-,30+,31+,32+,33+,34-,35-,36+,37+,38-,39+/m1/s1. The van der Waals surface area contributed by atoms with Crippen LogP contribution >= 0.6 is 0 Å². The maximum atomic E-state index is 11.1. The van der Waals surface area contributed by atoms with Gasteiger partial charge in [-0.2, -0.15) is 0 Å². The molecular formula is C39H62O12. The van der Waals surface area contributed by atoms with Crippen LogP contribution < -0.4 is 0 Å². The Hall–Kier alpha value is -0.740. The summed E-state index contributed by atoms with van der Waals surface area (Å²) in [6.07, 6.45) is -1.68. The molecule has 0 amide bonds. The van der Waals surface area contributed by atoms with E-state index in [1.807, 2.05) is 0 Å². The molecule has 4 heterocycles. The Balaban J connectivity index is 0.964. The molecule has 8 aliphatic rings. The number of rotatable bonds is 5. The minimum absolute atomic E-state index is 0.0535. The lowest BCUT2D eigenvalue weighted by Crippen LogP contribution is -2.64. The number of aliphatic hydroxyl groups excluding tert-OH is 6. The Morgan fingerprint density at radius 1 is 0.824 bits per heavy atom. The fraction of sp³-hybridized carbons (Fsp3) is 0.949. The average Bonchev–Trinajstić information content (AvgIpc) is 3.56. The highest BCUT2D eigenvalue weighted by molar-refractivity contribution is 5.26. The summed E-state index contributed by atoms with van der Waals surface area (Å²) in [5.74, 6) is 2.92.